The molecular weight excluding hydrogens is 346 g/mol. The van der Waals surface area contributed by atoms with Gasteiger partial charge in [-0.25, -0.2) is 18.4 Å². The summed E-state index contributed by atoms with van der Waals surface area (Å²) in [5, 5.41) is 4.14. The molecule has 1 fully saturated rings. The molecule has 2 N–H and O–H groups in total. The molecule has 0 radical (unpaired) electrons. The van der Waals surface area contributed by atoms with E-state index in [-0.39, 0.29) is 43.3 Å². The molecule has 136 valence electrons. The summed E-state index contributed by atoms with van der Waals surface area (Å²) in [7, 11) is 0. The molecule has 8 nitrogen and oxygen atoms in total. The van der Waals surface area contributed by atoms with Gasteiger partial charge in [0.1, 0.15) is 5.52 Å². The fraction of sp³-hybridized carbons (Fsp3) is 0.375. The van der Waals surface area contributed by atoms with Crippen molar-refractivity contribution in [3.8, 4) is 5.95 Å². The summed E-state index contributed by atoms with van der Waals surface area (Å²) < 4.78 is 27.9. The predicted octanol–water partition coefficient (Wildman–Crippen LogP) is 1.62. The molecule has 0 saturated carbocycles. The van der Waals surface area contributed by atoms with Gasteiger partial charge in [-0.2, -0.15) is 5.10 Å². The topological polar surface area (TPSA) is 99.7 Å². The van der Waals surface area contributed by atoms with Crippen LogP contribution in [0.1, 0.15) is 28.9 Å². The third kappa shape index (κ3) is 2.67. The van der Waals surface area contributed by atoms with Gasteiger partial charge < -0.3 is 9.88 Å². The molecule has 1 aliphatic rings. The van der Waals surface area contributed by atoms with Crippen LogP contribution in [0.4, 0.5) is 8.78 Å². The van der Waals surface area contributed by atoms with Gasteiger partial charge in [-0.1, -0.05) is 0 Å². The number of likely N-dealkylation sites (tertiary alicyclic amines) is 1. The summed E-state index contributed by atoms with van der Waals surface area (Å²) in [4.78, 5) is 35.9. The molecule has 1 aliphatic heterocycles. The zero-order valence-corrected chi connectivity index (χ0v) is 13.9. The summed E-state index contributed by atoms with van der Waals surface area (Å²) >= 11 is 0. The van der Waals surface area contributed by atoms with Crippen LogP contribution >= 0.6 is 0 Å². The number of hydrogen-bond donors (Lipinski definition) is 2. The Hall–Kier alpha value is -3.04. The number of carbonyl (C=O) groups is 1. The Bertz CT molecular complexity index is 1040. The number of aromatic nitrogens is 5. The fourth-order valence-electron chi connectivity index (χ4n) is 3.08. The van der Waals surface area contributed by atoms with E-state index < -0.39 is 5.92 Å². The van der Waals surface area contributed by atoms with Crippen LogP contribution in [0.15, 0.2) is 23.3 Å². The van der Waals surface area contributed by atoms with E-state index in [1.165, 1.54) is 15.8 Å². The summed E-state index contributed by atoms with van der Waals surface area (Å²) in [5.74, 6) is -2.89. The van der Waals surface area contributed by atoms with Crippen molar-refractivity contribution in [1.29, 1.82) is 0 Å². The fourth-order valence-corrected chi connectivity index (χ4v) is 3.08. The first kappa shape index (κ1) is 16.4. The van der Waals surface area contributed by atoms with Gasteiger partial charge in [-0.15, -0.1) is 0 Å². The number of hydrogen-bond acceptors (Lipinski definition) is 4. The molecule has 0 atom stereocenters. The van der Waals surface area contributed by atoms with Crippen molar-refractivity contribution in [2.75, 3.05) is 13.1 Å². The number of rotatable bonds is 2. The summed E-state index contributed by atoms with van der Waals surface area (Å²) in [6.45, 7) is 1.67. The Labute approximate surface area is 145 Å². The SMILES string of the molecule is Cc1c(C(=O)N2CCC(F)(F)CC2)cnn1-c1nc2cc[nH]c2c(=O)[nH]1. The molecule has 3 aromatic heterocycles. The molecule has 0 bridgehead atoms. The highest BCUT2D eigenvalue weighted by molar-refractivity contribution is 5.95. The zero-order valence-electron chi connectivity index (χ0n) is 13.9. The highest BCUT2D eigenvalue weighted by atomic mass is 19.3. The minimum Gasteiger partial charge on any atom is -0.355 e. The van der Waals surface area contributed by atoms with Crippen LogP contribution in [0.5, 0.6) is 0 Å². The minimum absolute atomic E-state index is 0.000839. The number of fused-ring (bicyclic) bond motifs is 1. The molecule has 1 amide bonds. The van der Waals surface area contributed by atoms with E-state index in [1.54, 1.807) is 19.2 Å². The van der Waals surface area contributed by atoms with E-state index in [4.69, 9.17) is 0 Å². The number of nitrogens with zero attached hydrogens (tertiary/aromatic N) is 4. The lowest BCUT2D eigenvalue weighted by molar-refractivity contribution is -0.0494. The number of H-pyrrole nitrogens is 2. The Balaban J connectivity index is 1.65. The van der Waals surface area contributed by atoms with Gasteiger partial charge in [-0.3, -0.25) is 14.6 Å². The van der Waals surface area contributed by atoms with Crippen LogP contribution in [0.2, 0.25) is 0 Å². The smallest absolute Gasteiger partial charge is 0.276 e. The highest BCUT2D eigenvalue weighted by Gasteiger charge is 2.36. The second-order valence-electron chi connectivity index (χ2n) is 6.33. The molecule has 4 heterocycles. The monoisotopic (exact) mass is 362 g/mol. The molecule has 1 saturated heterocycles. The van der Waals surface area contributed by atoms with Gasteiger partial charge >= 0.3 is 0 Å². The first-order valence-corrected chi connectivity index (χ1v) is 8.15. The van der Waals surface area contributed by atoms with Gasteiger partial charge in [0.25, 0.3) is 17.4 Å². The van der Waals surface area contributed by atoms with Crippen molar-refractivity contribution < 1.29 is 13.6 Å². The number of aromatic amines is 2. The van der Waals surface area contributed by atoms with Gasteiger partial charge in [0, 0.05) is 32.1 Å². The average molecular weight is 362 g/mol. The van der Waals surface area contributed by atoms with E-state index in [2.05, 4.69) is 20.1 Å². The summed E-state index contributed by atoms with van der Waals surface area (Å²) in [6.07, 6.45) is 2.29. The number of amides is 1. The number of nitrogens with one attached hydrogen (secondary N) is 2. The van der Waals surface area contributed by atoms with Gasteiger partial charge in [0.2, 0.25) is 5.95 Å². The third-order valence-corrected chi connectivity index (χ3v) is 4.63. The highest BCUT2D eigenvalue weighted by Crippen LogP contribution is 2.28. The molecular formula is C16H16F2N6O2. The van der Waals surface area contributed by atoms with Gasteiger partial charge in [0.15, 0.2) is 0 Å². The van der Waals surface area contributed by atoms with E-state index in [0.717, 1.165) is 0 Å². The normalized spacial score (nSPS) is 17.0. The van der Waals surface area contributed by atoms with Crippen molar-refractivity contribution in [2.24, 2.45) is 0 Å². The Morgan fingerprint density at radius 2 is 2.04 bits per heavy atom. The third-order valence-electron chi connectivity index (χ3n) is 4.63. The summed E-state index contributed by atoms with van der Waals surface area (Å²) in [5.41, 5.74) is 1.25. The first-order chi connectivity index (χ1) is 12.4. The molecule has 3 aromatic rings. The van der Waals surface area contributed by atoms with Gasteiger partial charge in [-0.05, 0) is 13.0 Å². The Kier molecular flexibility index (Phi) is 3.63. The van der Waals surface area contributed by atoms with E-state index in [9.17, 15) is 18.4 Å². The Morgan fingerprint density at radius 1 is 1.31 bits per heavy atom. The van der Waals surface area contributed by atoms with Crippen LogP contribution in [-0.4, -0.2) is 54.6 Å². The van der Waals surface area contributed by atoms with E-state index >= 15 is 0 Å². The molecule has 10 heteroatoms. The second-order valence-corrected chi connectivity index (χ2v) is 6.33. The van der Waals surface area contributed by atoms with Crippen LogP contribution < -0.4 is 5.56 Å². The predicted molar refractivity (Wildman–Crippen MR) is 88.7 cm³/mol. The number of halogens is 2. The average Bonchev–Trinajstić information content (AvgIpc) is 3.21. The number of alkyl halides is 2. The molecule has 0 spiro atoms. The maximum absolute atomic E-state index is 13.3. The van der Waals surface area contributed by atoms with Crippen molar-refractivity contribution in [3.63, 3.8) is 0 Å². The molecule has 0 aliphatic carbocycles. The van der Waals surface area contributed by atoms with Crippen molar-refractivity contribution in [3.05, 3.63) is 40.1 Å². The van der Waals surface area contributed by atoms with Crippen LogP contribution in [0, 0.1) is 6.92 Å². The largest absolute Gasteiger partial charge is 0.355 e. The van der Waals surface area contributed by atoms with Crippen molar-refractivity contribution in [2.45, 2.75) is 25.7 Å². The number of piperidine rings is 1. The van der Waals surface area contributed by atoms with Crippen LogP contribution in [0.3, 0.4) is 0 Å². The van der Waals surface area contributed by atoms with Crippen molar-refractivity contribution in [1.82, 2.24) is 29.6 Å². The summed E-state index contributed by atoms with van der Waals surface area (Å²) in [6, 6.07) is 1.66. The Morgan fingerprint density at radius 3 is 2.77 bits per heavy atom. The first-order valence-electron chi connectivity index (χ1n) is 8.15. The van der Waals surface area contributed by atoms with E-state index in [0.29, 0.717) is 22.3 Å². The lowest BCUT2D eigenvalue weighted by Gasteiger charge is -2.31. The maximum atomic E-state index is 13.3. The lowest BCUT2D eigenvalue weighted by atomic mass is 10.1. The van der Waals surface area contributed by atoms with Crippen LogP contribution in [0.25, 0.3) is 17.0 Å². The van der Waals surface area contributed by atoms with Crippen LogP contribution in [-0.2, 0) is 0 Å². The molecule has 0 aromatic carbocycles. The standard InChI is InChI=1S/C16H16F2N6O2/c1-9-10(14(26)23-6-3-16(17,18)4-7-23)8-20-24(9)15-21-11-2-5-19-12(11)13(25)22-15/h2,5,8,19H,3-4,6-7H2,1H3,(H,21,22,25). The lowest BCUT2D eigenvalue weighted by Crippen LogP contribution is -2.42. The molecule has 4 rings (SSSR count). The van der Waals surface area contributed by atoms with Gasteiger partial charge in [0.05, 0.1) is 23.0 Å². The second kappa shape index (κ2) is 5.75. The molecule has 26 heavy (non-hydrogen) atoms. The number of carbonyl (C=O) groups excluding carboxylic acids is 1. The molecule has 0 unspecified atom stereocenters. The quantitative estimate of drug-likeness (QED) is 0.723. The van der Waals surface area contributed by atoms with Crippen molar-refractivity contribution >= 4 is 16.9 Å². The van der Waals surface area contributed by atoms with E-state index in [1.807, 2.05) is 0 Å². The minimum atomic E-state index is -2.72. The maximum Gasteiger partial charge on any atom is 0.276 e. The zero-order chi connectivity index (χ0) is 18.5.